The summed E-state index contributed by atoms with van der Waals surface area (Å²) >= 11 is -1.08. The summed E-state index contributed by atoms with van der Waals surface area (Å²) in [4.78, 5) is 14.8. The second-order valence-electron chi connectivity index (χ2n) is 2.08. The Kier molecular flexibility index (Phi) is 7.19. The number of hydrogen-bond acceptors (Lipinski definition) is 6. The van der Waals surface area contributed by atoms with Gasteiger partial charge in [-0.2, -0.15) is 16.0 Å². The van der Waals surface area contributed by atoms with Gasteiger partial charge in [0.25, 0.3) is 0 Å². The van der Waals surface area contributed by atoms with Gasteiger partial charge < -0.3 is 5.73 Å². The van der Waals surface area contributed by atoms with Crippen LogP contribution in [0.5, 0.6) is 0 Å². The maximum atomic E-state index is 10.8. The SMILES string of the molecule is CSCCC(N)C(=O)OOS(=O)O. The van der Waals surface area contributed by atoms with Crippen molar-refractivity contribution in [1.29, 1.82) is 0 Å². The molecular weight excluding hydrogens is 218 g/mol. The summed E-state index contributed by atoms with van der Waals surface area (Å²) < 4.78 is 21.7. The van der Waals surface area contributed by atoms with Crippen molar-refractivity contribution in [2.75, 3.05) is 12.0 Å². The molecule has 0 saturated carbocycles. The highest BCUT2D eigenvalue weighted by molar-refractivity contribution is 7.98. The minimum absolute atomic E-state index is 0.432. The molecule has 0 spiro atoms. The van der Waals surface area contributed by atoms with E-state index in [0.29, 0.717) is 12.2 Å². The first-order valence-electron chi connectivity index (χ1n) is 3.32. The number of hydrogen-bond donors (Lipinski definition) is 2. The molecule has 6 nitrogen and oxygen atoms in total. The van der Waals surface area contributed by atoms with Gasteiger partial charge in [0.2, 0.25) is 0 Å². The molecule has 2 unspecified atom stereocenters. The van der Waals surface area contributed by atoms with E-state index in [1.54, 1.807) is 0 Å². The first-order chi connectivity index (χ1) is 6.07. The van der Waals surface area contributed by atoms with Crippen LogP contribution in [0, 0.1) is 0 Å². The molecule has 0 aliphatic carbocycles. The largest absolute Gasteiger partial charge is 0.360 e. The van der Waals surface area contributed by atoms with Crippen LogP contribution in [0.25, 0.3) is 0 Å². The summed E-state index contributed by atoms with van der Waals surface area (Å²) in [6.07, 6.45) is 2.30. The van der Waals surface area contributed by atoms with Gasteiger partial charge in [-0.15, -0.1) is 0 Å². The highest BCUT2D eigenvalue weighted by Crippen LogP contribution is 2.00. The Hall–Kier alpha value is -0.150. The minimum atomic E-state index is -2.61. The summed E-state index contributed by atoms with van der Waals surface area (Å²) in [7, 11) is 0. The molecule has 0 bridgehead atoms. The topological polar surface area (TPSA) is 98.9 Å². The van der Waals surface area contributed by atoms with Crippen molar-refractivity contribution < 1.29 is 22.8 Å². The van der Waals surface area contributed by atoms with Gasteiger partial charge in [0.05, 0.1) is 0 Å². The predicted molar refractivity (Wildman–Crippen MR) is 48.9 cm³/mol. The molecular formula is C5H11NO5S2. The van der Waals surface area contributed by atoms with Crippen LogP contribution in [0.4, 0.5) is 0 Å². The van der Waals surface area contributed by atoms with Crippen molar-refractivity contribution in [3.8, 4) is 0 Å². The lowest BCUT2D eigenvalue weighted by Crippen LogP contribution is -2.33. The fraction of sp³-hybridized carbons (Fsp3) is 0.800. The maximum absolute atomic E-state index is 10.8. The van der Waals surface area contributed by atoms with Crippen LogP contribution in [-0.4, -0.2) is 32.8 Å². The van der Waals surface area contributed by atoms with Crippen molar-refractivity contribution in [1.82, 2.24) is 0 Å². The van der Waals surface area contributed by atoms with Gasteiger partial charge in [-0.25, -0.2) is 4.79 Å². The normalized spacial score (nSPS) is 15.0. The van der Waals surface area contributed by atoms with Crippen LogP contribution in [0.3, 0.4) is 0 Å². The molecule has 78 valence electrons. The quantitative estimate of drug-likeness (QED) is 0.366. The highest BCUT2D eigenvalue weighted by Gasteiger charge is 2.16. The second-order valence-corrected chi connectivity index (χ2v) is 3.63. The number of thioether (sulfide) groups is 1. The molecule has 0 fully saturated rings. The first-order valence-corrected chi connectivity index (χ1v) is 5.74. The van der Waals surface area contributed by atoms with Crippen LogP contribution in [0.1, 0.15) is 6.42 Å². The Morgan fingerprint density at radius 1 is 1.77 bits per heavy atom. The fourth-order valence-corrected chi connectivity index (χ4v) is 1.10. The Bertz CT molecular complexity index is 188. The molecule has 2 atom stereocenters. The van der Waals surface area contributed by atoms with Crippen LogP contribution in [-0.2, 0) is 25.4 Å². The monoisotopic (exact) mass is 229 g/mol. The van der Waals surface area contributed by atoms with E-state index >= 15 is 0 Å². The molecule has 0 aromatic heterocycles. The Morgan fingerprint density at radius 3 is 2.85 bits per heavy atom. The van der Waals surface area contributed by atoms with Crippen molar-refractivity contribution in [3.05, 3.63) is 0 Å². The lowest BCUT2D eigenvalue weighted by molar-refractivity contribution is -0.213. The van der Waals surface area contributed by atoms with E-state index in [-0.39, 0.29) is 0 Å². The lowest BCUT2D eigenvalue weighted by Gasteiger charge is -2.06. The zero-order valence-corrected chi connectivity index (χ0v) is 8.60. The molecule has 0 aromatic carbocycles. The lowest BCUT2D eigenvalue weighted by atomic mass is 10.2. The van der Waals surface area contributed by atoms with Gasteiger partial charge in [-0.05, 0) is 18.4 Å². The first kappa shape index (κ1) is 12.8. The molecule has 0 aliphatic heterocycles. The molecule has 0 amide bonds. The minimum Gasteiger partial charge on any atom is -0.318 e. The van der Waals surface area contributed by atoms with Gasteiger partial charge in [0.15, 0.2) is 0 Å². The fourth-order valence-electron chi connectivity index (χ4n) is 0.487. The molecule has 3 N–H and O–H groups in total. The molecule has 0 saturated heterocycles. The van der Waals surface area contributed by atoms with E-state index in [1.807, 2.05) is 6.26 Å². The van der Waals surface area contributed by atoms with Gasteiger partial charge in [-0.3, -0.25) is 9.44 Å². The van der Waals surface area contributed by atoms with E-state index in [0.717, 1.165) is 0 Å². The van der Waals surface area contributed by atoms with Gasteiger partial charge in [0.1, 0.15) is 6.04 Å². The summed E-state index contributed by atoms with van der Waals surface area (Å²) in [5.74, 6) is -0.144. The Morgan fingerprint density at radius 2 is 2.38 bits per heavy atom. The average molecular weight is 229 g/mol. The molecule has 8 heteroatoms. The number of nitrogens with two attached hydrogens (primary N) is 1. The van der Waals surface area contributed by atoms with Crippen LogP contribution in [0.15, 0.2) is 0 Å². The number of carbonyl (C=O) groups is 1. The molecule has 0 aromatic rings. The number of carbonyl (C=O) groups excluding carboxylic acids is 1. The standard InChI is InChI=1S/C5H11NO5S2/c1-12-3-2-4(6)5(7)10-11-13(8)9/h4H,2-3,6H2,1H3,(H,8,9). The van der Waals surface area contributed by atoms with Gasteiger partial charge in [-0.1, -0.05) is 4.33 Å². The van der Waals surface area contributed by atoms with Crippen LogP contribution in [0.2, 0.25) is 0 Å². The van der Waals surface area contributed by atoms with E-state index < -0.39 is 23.4 Å². The van der Waals surface area contributed by atoms with Crippen molar-refractivity contribution in [2.45, 2.75) is 12.5 Å². The van der Waals surface area contributed by atoms with E-state index in [1.165, 1.54) is 11.8 Å². The zero-order chi connectivity index (χ0) is 10.3. The zero-order valence-electron chi connectivity index (χ0n) is 6.97. The van der Waals surface area contributed by atoms with Crippen molar-refractivity contribution in [2.24, 2.45) is 5.73 Å². The highest BCUT2D eigenvalue weighted by atomic mass is 32.2. The third-order valence-corrected chi connectivity index (χ3v) is 1.94. The molecule has 0 heterocycles. The Balaban J connectivity index is 3.63. The Labute approximate surface area is 82.6 Å². The predicted octanol–water partition coefficient (Wildman–Crippen LogP) is -0.322. The summed E-state index contributed by atoms with van der Waals surface area (Å²) in [5, 5.41) is 0. The van der Waals surface area contributed by atoms with Crippen LogP contribution < -0.4 is 5.73 Å². The second kappa shape index (κ2) is 7.27. The smallest absolute Gasteiger partial charge is 0.318 e. The summed E-state index contributed by atoms with van der Waals surface area (Å²) in [5.41, 5.74) is 5.34. The molecule has 0 rings (SSSR count). The molecule has 0 aliphatic rings. The summed E-state index contributed by atoms with van der Waals surface area (Å²) in [6, 6.07) is -0.823. The molecule has 0 radical (unpaired) electrons. The van der Waals surface area contributed by atoms with Gasteiger partial charge >= 0.3 is 17.3 Å². The summed E-state index contributed by atoms with van der Waals surface area (Å²) in [6.45, 7) is 0. The third-order valence-electron chi connectivity index (χ3n) is 1.11. The van der Waals surface area contributed by atoms with E-state index in [2.05, 4.69) is 9.22 Å². The third kappa shape index (κ3) is 6.96. The van der Waals surface area contributed by atoms with Gasteiger partial charge in [0, 0.05) is 0 Å². The van der Waals surface area contributed by atoms with Crippen molar-refractivity contribution in [3.63, 3.8) is 0 Å². The number of rotatable bonds is 6. The van der Waals surface area contributed by atoms with Crippen LogP contribution >= 0.6 is 11.8 Å². The van der Waals surface area contributed by atoms with E-state index in [9.17, 15) is 9.00 Å². The maximum Gasteiger partial charge on any atom is 0.360 e. The van der Waals surface area contributed by atoms with Crippen molar-refractivity contribution >= 4 is 29.1 Å². The molecule has 13 heavy (non-hydrogen) atoms. The van der Waals surface area contributed by atoms with E-state index in [4.69, 9.17) is 10.3 Å². The average Bonchev–Trinajstić information content (AvgIpc) is 2.10.